The zero-order chi connectivity index (χ0) is 13.3. The van der Waals surface area contributed by atoms with Gasteiger partial charge in [0.25, 0.3) is 0 Å². The predicted octanol–water partition coefficient (Wildman–Crippen LogP) is 2.60. The highest BCUT2D eigenvalue weighted by atomic mass is 35.5. The summed E-state index contributed by atoms with van der Waals surface area (Å²) < 4.78 is 39.7. The standard InChI is InChI=1S/C12H15ClFNO2S/c1-9-4-5-15(8-9)18(16,17)12-3-2-10(7-13)6-11(12)14/h2-3,6,9H,4-5,7-8H2,1H3. The molecule has 3 nitrogen and oxygen atoms in total. The molecular weight excluding hydrogens is 277 g/mol. The molecule has 0 saturated carbocycles. The Morgan fingerprint density at radius 1 is 1.50 bits per heavy atom. The summed E-state index contributed by atoms with van der Waals surface area (Å²) in [6.07, 6.45) is 0.820. The average Bonchev–Trinajstić information content (AvgIpc) is 2.76. The minimum absolute atomic E-state index is 0.165. The first kappa shape index (κ1) is 13.8. The van der Waals surface area contributed by atoms with Crippen LogP contribution >= 0.6 is 11.6 Å². The molecule has 100 valence electrons. The van der Waals surface area contributed by atoms with Gasteiger partial charge in [0.2, 0.25) is 10.0 Å². The number of rotatable bonds is 3. The predicted molar refractivity (Wildman–Crippen MR) is 68.5 cm³/mol. The third kappa shape index (κ3) is 2.53. The summed E-state index contributed by atoms with van der Waals surface area (Å²) in [4.78, 5) is -0.259. The van der Waals surface area contributed by atoms with E-state index in [0.29, 0.717) is 24.6 Å². The molecule has 6 heteroatoms. The van der Waals surface area contributed by atoms with Crippen molar-refractivity contribution in [3.63, 3.8) is 0 Å². The molecule has 1 atom stereocenters. The molecule has 0 aromatic heterocycles. The van der Waals surface area contributed by atoms with Crippen LogP contribution in [0.3, 0.4) is 0 Å². The van der Waals surface area contributed by atoms with Gasteiger partial charge in [-0.2, -0.15) is 4.31 Å². The number of alkyl halides is 1. The van der Waals surface area contributed by atoms with Crippen molar-refractivity contribution in [2.75, 3.05) is 13.1 Å². The SMILES string of the molecule is CC1CCN(S(=O)(=O)c2ccc(CCl)cc2F)C1. The molecule has 1 aliphatic heterocycles. The molecule has 0 radical (unpaired) electrons. The van der Waals surface area contributed by atoms with Gasteiger partial charge in [-0.1, -0.05) is 13.0 Å². The molecule has 1 aliphatic rings. The van der Waals surface area contributed by atoms with Crippen molar-refractivity contribution in [3.8, 4) is 0 Å². The van der Waals surface area contributed by atoms with Gasteiger partial charge < -0.3 is 0 Å². The van der Waals surface area contributed by atoms with E-state index in [1.165, 1.54) is 16.4 Å². The molecule has 2 rings (SSSR count). The van der Waals surface area contributed by atoms with E-state index < -0.39 is 15.8 Å². The van der Waals surface area contributed by atoms with Gasteiger partial charge in [-0.25, -0.2) is 12.8 Å². The fourth-order valence-electron chi connectivity index (χ4n) is 2.09. The molecular formula is C12H15ClFNO2S. The Hall–Kier alpha value is -0.650. The molecule has 1 unspecified atom stereocenters. The maximum absolute atomic E-state index is 13.8. The molecule has 0 N–H and O–H groups in total. The second-order valence-corrected chi connectivity index (χ2v) is 6.83. The van der Waals surface area contributed by atoms with E-state index >= 15 is 0 Å². The zero-order valence-electron chi connectivity index (χ0n) is 10.1. The zero-order valence-corrected chi connectivity index (χ0v) is 11.6. The van der Waals surface area contributed by atoms with Gasteiger partial charge in [-0.05, 0) is 30.0 Å². The molecule has 0 spiro atoms. The van der Waals surface area contributed by atoms with Crippen LogP contribution in [0.4, 0.5) is 4.39 Å². The van der Waals surface area contributed by atoms with Crippen LogP contribution in [0.25, 0.3) is 0 Å². The number of hydrogen-bond acceptors (Lipinski definition) is 2. The fourth-order valence-corrected chi connectivity index (χ4v) is 3.87. The van der Waals surface area contributed by atoms with Crippen molar-refractivity contribution in [1.29, 1.82) is 0 Å². The van der Waals surface area contributed by atoms with Crippen LogP contribution in [0.2, 0.25) is 0 Å². The van der Waals surface area contributed by atoms with Gasteiger partial charge in [0, 0.05) is 19.0 Å². The van der Waals surface area contributed by atoms with Gasteiger partial charge in [-0.15, -0.1) is 11.6 Å². The summed E-state index contributed by atoms with van der Waals surface area (Å²) in [7, 11) is -3.71. The van der Waals surface area contributed by atoms with Gasteiger partial charge in [-0.3, -0.25) is 0 Å². The molecule has 1 heterocycles. The van der Waals surface area contributed by atoms with Crippen molar-refractivity contribution < 1.29 is 12.8 Å². The molecule has 1 fully saturated rings. The Kier molecular flexibility index (Phi) is 3.94. The molecule has 0 aliphatic carbocycles. The first-order valence-electron chi connectivity index (χ1n) is 5.79. The van der Waals surface area contributed by atoms with Gasteiger partial charge in [0.15, 0.2) is 0 Å². The second kappa shape index (κ2) is 5.15. The number of nitrogens with zero attached hydrogens (tertiary/aromatic N) is 1. The van der Waals surface area contributed by atoms with Crippen LogP contribution in [0.5, 0.6) is 0 Å². The summed E-state index contributed by atoms with van der Waals surface area (Å²) in [5.74, 6) is -0.240. The lowest BCUT2D eigenvalue weighted by molar-refractivity contribution is 0.458. The van der Waals surface area contributed by atoms with E-state index in [1.807, 2.05) is 6.92 Å². The van der Waals surface area contributed by atoms with Crippen molar-refractivity contribution in [3.05, 3.63) is 29.6 Å². The summed E-state index contributed by atoms with van der Waals surface area (Å²) in [5, 5.41) is 0. The highest BCUT2D eigenvalue weighted by Crippen LogP contribution is 2.26. The van der Waals surface area contributed by atoms with Crippen LogP contribution in [0, 0.1) is 11.7 Å². The molecule has 18 heavy (non-hydrogen) atoms. The highest BCUT2D eigenvalue weighted by molar-refractivity contribution is 7.89. The van der Waals surface area contributed by atoms with Crippen molar-refractivity contribution >= 4 is 21.6 Å². The maximum atomic E-state index is 13.8. The van der Waals surface area contributed by atoms with Crippen LogP contribution in [0.15, 0.2) is 23.1 Å². The lowest BCUT2D eigenvalue weighted by Gasteiger charge is -2.16. The summed E-state index contributed by atoms with van der Waals surface area (Å²) in [6, 6.07) is 4.02. The number of benzene rings is 1. The van der Waals surface area contributed by atoms with E-state index in [9.17, 15) is 12.8 Å². The van der Waals surface area contributed by atoms with Crippen LogP contribution in [-0.4, -0.2) is 25.8 Å². The van der Waals surface area contributed by atoms with Gasteiger partial charge >= 0.3 is 0 Å². The Balaban J connectivity index is 2.36. The number of sulfonamides is 1. The fraction of sp³-hybridized carbons (Fsp3) is 0.500. The lowest BCUT2D eigenvalue weighted by Crippen LogP contribution is -2.29. The Bertz CT molecular complexity index is 547. The van der Waals surface area contributed by atoms with E-state index in [-0.39, 0.29) is 10.8 Å². The molecule has 1 saturated heterocycles. The summed E-state index contributed by atoms with van der Waals surface area (Å²) >= 11 is 5.59. The Labute approximate surface area is 112 Å². The lowest BCUT2D eigenvalue weighted by atomic mass is 10.2. The Morgan fingerprint density at radius 3 is 2.72 bits per heavy atom. The maximum Gasteiger partial charge on any atom is 0.245 e. The first-order chi connectivity index (χ1) is 8.45. The number of hydrogen-bond donors (Lipinski definition) is 0. The minimum Gasteiger partial charge on any atom is -0.207 e. The van der Waals surface area contributed by atoms with Crippen molar-refractivity contribution in [2.24, 2.45) is 5.92 Å². The Morgan fingerprint density at radius 2 is 2.22 bits per heavy atom. The van der Waals surface area contributed by atoms with E-state index in [1.54, 1.807) is 6.07 Å². The molecule has 1 aromatic rings. The van der Waals surface area contributed by atoms with Gasteiger partial charge in [0.05, 0.1) is 0 Å². The topological polar surface area (TPSA) is 37.4 Å². The quantitative estimate of drug-likeness (QED) is 0.803. The van der Waals surface area contributed by atoms with Crippen molar-refractivity contribution in [1.82, 2.24) is 4.31 Å². The average molecular weight is 292 g/mol. The molecule has 1 aromatic carbocycles. The van der Waals surface area contributed by atoms with Crippen LogP contribution in [0.1, 0.15) is 18.9 Å². The summed E-state index contributed by atoms with van der Waals surface area (Å²) in [6.45, 7) is 2.90. The third-order valence-electron chi connectivity index (χ3n) is 3.16. The molecule has 0 bridgehead atoms. The smallest absolute Gasteiger partial charge is 0.207 e. The molecule has 0 amide bonds. The van der Waals surface area contributed by atoms with Crippen LogP contribution < -0.4 is 0 Å². The van der Waals surface area contributed by atoms with E-state index in [2.05, 4.69) is 0 Å². The second-order valence-electron chi connectivity index (χ2n) is 4.66. The van der Waals surface area contributed by atoms with Gasteiger partial charge in [0.1, 0.15) is 10.7 Å². The highest BCUT2D eigenvalue weighted by Gasteiger charge is 2.32. The first-order valence-corrected chi connectivity index (χ1v) is 7.77. The van der Waals surface area contributed by atoms with Crippen LogP contribution in [-0.2, 0) is 15.9 Å². The summed E-state index contributed by atoms with van der Waals surface area (Å²) in [5.41, 5.74) is 0.572. The largest absolute Gasteiger partial charge is 0.245 e. The van der Waals surface area contributed by atoms with E-state index in [0.717, 1.165) is 6.42 Å². The third-order valence-corrected chi connectivity index (χ3v) is 5.36. The van der Waals surface area contributed by atoms with Crippen molar-refractivity contribution in [2.45, 2.75) is 24.1 Å². The van der Waals surface area contributed by atoms with E-state index in [4.69, 9.17) is 11.6 Å². The monoisotopic (exact) mass is 291 g/mol. The number of halogens is 2. The normalized spacial score (nSPS) is 21.4. The minimum atomic E-state index is -3.71.